The molecule has 1 atom stereocenters. The summed E-state index contributed by atoms with van der Waals surface area (Å²) in [5.74, 6) is 0.354. The fourth-order valence-corrected chi connectivity index (χ4v) is 4.13. The zero-order valence-electron chi connectivity index (χ0n) is 16.1. The van der Waals surface area contributed by atoms with Gasteiger partial charge in [-0.25, -0.2) is 24.7 Å². The Kier molecular flexibility index (Phi) is 3.48. The number of benzene rings is 1. The molecule has 0 spiro atoms. The molecule has 31 heavy (non-hydrogen) atoms. The molecule has 1 aromatic carbocycles. The van der Waals surface area contributed by atoms with Gasteiger partial charge in [0.05, 0.1) is 30.3 Å². The second kappa shape index (κ2) is 6.23. The average molecular weight is 414 g/mol. The smallest absolute Gasteiger partial charge is 0.327 e. The third kappa shape index (κ3) is 2.46. The number of nitrogens with zero attached hydrogens (tertiary/aromatic N) is 4. The number of aromatic amines is 4. The van der Waals surface area contributed by atoms with E-state index in [2.05, 4.69) is 39.9 Å². The number of rotatable bonds is 2. The Morgan fingerprint density at radius 3 is 2.61 bits per heavy atom. The summed E-state index contributed by atoms with van der Waals surface area (Å²) in [6, 6.07) is 7.40. The predicted molar refractivity (Wildman–Crippen MR) is 110 cm³/mol. The fraction of sp³-hybridized carbons (Fsp3) is 0.100. The molecule has 2 aromatic heterocycles. The maximum Gasteiger partial charge on any atom is 0.327 e. The van der Waals surface area contributed by atoms with E-state index >= 15 is 0 Å². The van der Waals surface area contributed by atoms with Crippen molar-refractivity contribution in [1.82, 2.24) is 34.9 Å². The van der Waals surface area contributed by atoms with Gasteiger partial charge in [0.25, 0.3) is 5.56 Å². The minimum atomic E-state index is -0.624. The van der Waals surface area contributed by atoms with Crippen LogP contribution in [0.15, 0.2) is 51.5 Å². The molecule has 3 aliphatic rings. The van der Waals surface area contributed by atoms with Gasteiger partial charge in [-0.15, -0.1) is 0 Å². The van der Waals surface area contributed by atoms with Gasteiger partial charge in [0, 0.05) is 11.5 Å². The van der Waals surface area contributed by atoms with Crippen molar-refractivity contribution in [2.24, 2.45) is 4.99 Å². The van der Waals surface area contributed by atoms with Crippen LogP contribution in [0.1, 0.15) is 22.6 Å². The first-order chi connectivity index (χ1) is 15.1. The molecule has 4 N–H and O–H groups in total. The predicted octanol–water partition coefficient (Wildman–Crippen LogP) is 0.897. The monoisotopic (exact) mass is 414 g/mol. The summed E-state index contributed by atoms with van der Waals surface area (Å²) in [6.45, 7) is 0. The molecule has 11 nitrogen and oxygen atoms in total. The Balaban J connectivity index is 1.78. The molecule has 0 amide bonds. The summed E-state index contributed by atoms with van der Waals surface area (Å²) >= 11 is 0. The van der Waals surface area contributed by atoms with E-state index in [4.69, 9.17) is 4.74 Å². The average Bonchev–Trinajstić information content (AvgIpc) is 2.78. The van der Waals surface area contributed by atoms with Crippen LogP contribution in [-0.4, -0.2) is 42.0 Å². The number of H-pyrrole nitrogens is 4. The van der Waals surface area contributed by atoms with Crippen LogP contribution in [0.25, 0.3) is 22.6 Å². The molecule has 0 saturated carbocycles. The highest BCUT2D eigenvalue weighted by Gasteiger charge is 2.33. The van der Waals surface area contributed by atoms with Gasteiger partial charge in [-0.05, 0) is 17.7 Å². The standard InChI is InChI=1S/C20H14N8O3/c1-31-9-4-2-8(3-5-9)10-11-14-13-15(22-6-21-14)23-7-24-16(13)25-17(11)26-18-12(10)19(29)28-20(30)27-18/h2-7,10H,1H3,(H4,21,22,23,24,25,26,27,28,29,30). The molecule has 0 aliphatic carbocycles. The highest BCUT2D eigenvalue weighted by atomic mass is 16.5. The van der Waals surface area contributed by atoms with Crippen molar-refractivity contribution in [2.75, 3.05) is 7.11 Å². The molecule has 0 bridgehead atoms. The molecule has 3 aliphatic heterocycles. The molecule has 0 saturated heterocycles. The Hall–Kier alpha value is -4.54. The Bertz CT molecular complexity index is 1620. The number of aromatic nitrogens is 7. The first-order valence-corrected chi connectivity index (χ1v) is 9.39. The number of hydrogen-bond acceptors (Lipinski definition) is 7. The molecule has 5 heterocycles. The van der Waals surface area contributed by atoms with Crippen LogP contribution in [0, 0.1) is 0 Å². The summed E-state index contributed by atoms with van der Waals surface area (Å²) < 4.78 is 5.28. The van der Waals surface area contributed by atoms with Gasteiger partial charge < -0.3 is 14.7 Å². The van der Waals surface area contributed by atoms with E-state index in [0.29, 0.717) is 39.4 Å². The maximum atomic E-state index is 12.9. The Morgan fingerprint density at radius 2 is 1.81 bits per heavy atom. The lowest BCUT2D eigenvalue weighted by atomic mass is 9.82. The Morgan fingerprint density at radius 1 is 0.968 bits per heavy atom. The molecule has 152 valence electrons. The van der Waals surface area contributed by atoms with Crippen LogP contribution in [0.4, 0.5) is 5.82 Å². The normalized spacial score (nSPS) is 14.8. The van der Waals surface area contributed by atoms with Crippen LogP contribution in [-0.2, 0) is 0 Å². The van der Waals surface area contributed by atoms with Gasteiger partial charge in [0.2, 0.25) is 0 Å². The molecular formula is C20H14N8O3. The quantitative estimate of drug-likeness (QED) is 0.330. The summed E-state index contributed by atoms with van der Waals surface area (Å²) in [6.07, 6.45) is 2.96. The number of fused-ring (bicyclic) bond motifs is 3. The molecular weight excluding hydrogens is 400 g/mol. The largest absolute Gasteiger partial charge is 0.497 e. The van der Waals surface area contributed by atoms with Crippen LogP contribution < -0.4 is 21.5 Å². The minimum absolute atomic E-state index is 0.198. The maximum absolute atomic E-state index is 12.9. The number of pyridine rings is 1. The third-order valence-corrected chi connectivity index (χ3v) is 5.44. The van der Waals surface area contributed by atoms with E-state index in [1.165, 1.54) is 6.33 Å². The third-order valence-electron chi connectivity index (χ3n) is 5.44. The lowest BCUT2D eigenvalue weighted by Gasteiger charge is -2.26. The van der Waals surface area contributed by atoms with Gasteiger partial charge in [0.1, 0.15) is 29.0 Å². The number of hydrogen-bond donors (Lipinski definition) is 4. The second-order valence-electron chi connectivity index (χ2n) is 7.07. The number of ether oxygens (including phenoxy) is 1. The van der Waals surface area contributed by atoms with E-state index in [9.17, 15) is 9.59 Å². The van der Waals surface area contributed by atoms with Gasteiger partial charge in [-0.3, -0.25) is 14.8 Å². The highest BCUT2D eigenvalue weighted by molar-refractivity contribution is 5.89. The summed E-state index contributed by atoms with van der Waals surface area (Å²) in [5.41, 5.74) is 3.68. The van der Waals surface area contributed by atoms with Crippen molar-refractivity contribution < 1.29 is 4.74 Å². The molecule has 1 unspecified atom stereocenters. The van der Waals surface area contributed by atoms with Crippen molar-refractivity contribution in [3.8, 4) is 17.0 Å². The van der Waals surface area contributed by atoms with E-state index in [-0.39, 0.29) is 5.82 Å². The van der Waals surface area contributed by atoms with Gasteiger partial charge >= 0.3 is 5.69 Å². The highest BCUT2D eigenvalue weighted by Crippen LogP contribution is 2.40. The Labute approximate surface area is 172 Å². The van der Waals surface area contributed by atoms with Crippen molar-refractivity contribution in [3.05, 3.63) is 79.9 Å². The van der Waals surface area contributed by atoms with Crippen LogP contribution in [0.2, 0.25) is 0 Å². The SMILES string of the molecule is COc1ccc(C2c3c([nH]c(=O)[nH]c3=O)N=c3[nH]c4ncnc5nc[nH]c(c32)-c54)cc1. The lowest BCUT2D eigenvalue weighted by Crippen LogP contribution is -2.34. The van der Waals surface area contributed by atoms with Crippen LogP contribution in [0.5, 0.6) is 5.75 Å². The van der Waals surface area contributed by atoms with Crippen LogP contribution >= 0.6 is 0 Å². The topological polar surface area (TPSA) is 158 Å². The van der Waals surface area contributed by atoms with Gasteiger partial charge in [-0.2, -0.15) is 0 Å². The van der Waals surface area contributed by atoms with E-state index in [1.54, 1.807) is 13.4 Å². The summed E-state index contributed by atoms with van der Waals surface area (Å²) in [4.78, 5) is 53.6. The first-order valence-electron chi connectivity index (χ1n) is 9.39. The summed E-state index contributed by atoms with van der Waals surface area (Å²) in [5, 5.41) is 0. The molecule has 11 heteroatoms. The zero-order chi connectivity index (χ0) is 21.1. The van der Waals surface area contributed by atoms with E-state index in [1.807, 2.05) is 24.3 Å². The molecule has 3 aromatic rings. The lowest BCUT2D eigenvalue weighted by molar-refractivity contribution is 0.414. The van der Waals surface area contributed by atoms with Gasteiger partial charge in [-0.1, -0.05) is 12.1 Å². The number of methoxy groups -OCH3 is 1. The number of nitrogens with one attached hydrogen (secondary N) is 4. The molecule has 6 rings (SSSR count). The summed E-state index contributed by atoms with van der Waals surface area (Å²) in [7, 11) is 1.59. The second-order valence-corrected chi connectivity index (χ2v) is 7.07. The van der Waals surface area contributed by atoms with Crippen molar-refractivity contribution in [3.63, 3.8) is 0 Å². The van der Waals surface area contributed by atoms with Gasteiger partial charge in [0.15, 0.2) is 5.65 Å². The zero-order valence-corrected chi connectivity index (χ0v) is 16.1. The van der Waals surface area contributed by atoms with E-state index in [0.717, 1.165) is 11.1 Å². The molecule has 0 radical (unpaired) electrons. The fourth-order valence-electron chi connectivity index (χ4n) is 4.13. The van der Waals surface area contributed by atoms with E-state index < -0.39 is 17.2 Å². The van der Waals surface area contributed by atoms with Crippen LogP contribution in [0.3, 0.4) is 0 Å². The molecule has 0 fully saturated rings. The first kappa shape index (κ1) is 17.3. The van der Waals surface area contributed by atoms with Crippen molar-refractivity contribution in [2.45, 2.75) is 5.92 Å². The van der Waals surface area contributed by atoms with Crippen molar-refractivity contribution >= 4 is 17.1 Å². The van der Waals surface area contributed by atoms with Crippen molar-refractivity contribution in [1.29, 1.82) is 0 Å². The minimum Gasteiger partial charge on any atom is -0.497 e.